The Morgan fingerprint density at radius 1 is 1.27 bits per heavy atom. The maximum Gasteiger partial charge on any atom is 0.319 e. The lowest BCUT2D eigenvalue weighted by Crippen LogP contribution is -2.44. The molecule has 1 aromatic rings. The van der Waals surface area contributed by atoms with Crippen molar-refractivity contribution < 1.29 is 13.6 Å². The number of amides is 1. The molecule has 0 aliphatic carbocycles. The third-order valence-electron chi connectivity index (χ3n) is 4.86. The zero-order chi connectivity index (χ0) is 16.4. The van der Waals surface area contributed by atoms with E-state index < -0.39 is 6.55 Å². The molecular weight excluding hydrogens is 288 g/mol. The van der Waals surface area contributed by atoms with E-state index in [1.807, 2.05) is 0 Å². The van der Waals surface area contributed by atoms with Gasteiger partial charge in [-0.25, -0.2) is 0 Å². The van der Waals surface area contributed by atoms with Gasteiger partial charge < -0.3 is 9.80 Å². The molecule has 2 heterocycles. The minimum atomic E-state index is -2.68. The van der Waals surface area contributed by atoms with Gasteiger partial charge in [0.2, 0.25) is 0 Å². The van der Waals surface area contributed by atoms with Gasteiger partial charge in [-0.2, -0.15) is 8.78 Å². The lowest BCUT2D eigenvalue weighted by Gasteiger charge is -2.37. The fraction of sp³-hybridized carbons (Fsp3) is 0.688. The molecule has 0 unspecified atom stereocenters. The Morgan fingerprint density at radius 2 is 1.86 bits per heavy atom. The standard InChI is InChI=1S/C16H25F2N3O/c1-11-5-6-14(21(11)16(17)18)15(22)20-9-7-13(8-10-20)12(2)19(3)4/h5-6,12-13,16H,7-10H2,1-4H3/t12-/m1/s1. The van der Waals surface area contributed by atoms with E-state index in [1.165, 1.54) is 6.07 Å². The highest BCUT2D eigenvalue weighted by Gasteiger charge is 2.29. The fourth-order valence-electron chi connectivity index (χ4n) is 3.15. The Hall–Kier alpha value is -1.43. The highest BCUT2D eigenvalue weighted by molar-refractivity contribution is 5.93. The average molecular weight is 313 g/mol. The Bertz CT molecular complexity index is 519. The Kier molecular flexibility index (Phi) is 5.21. The topological polar surface area (TPSA) is 28.5 Å². The third-order valence-corrected chi connectivity index (χ3v) is 4.86. The minimum Gasteiger partial charge on any atom is -0.337 e. The summed E-state index contributed by atoms with van der Waals surface area (Å²) in [5.41, 5.74) is 0.501. The first-order valence-corrected chi connectivity index (χ1v) is 7.74. The minimum absolute atomic E-state index is 0.0895. The number of carbonyl (C=O) groups excluding carboxylic acids is 1. The lowest BCUT2D eigenvalue weighted by molar-refractivity contribution is 0.0498. The van der Waals surface area contributed by atoms with Crippen molar-refractivity contribution in [2.75, 3.05) is 27.2 Å². The van der Waals surface area contributed by atoms with Gasteiger partial charge in [0, 0.05) is 24.8 Å². The molecule has 1 aliphatic heterocycles. The van der Waals surface area contributed by atoms with Crippen LogP contribution in [-0.2, 0) is 0 Å². The summed E-state index contributed by atoms with van der Waals surface area (Å²) in [7, 11) is 4.11. The molecule has 22 heavy (non-hydrogen) atoms. The number of halogens is 2. The Morgan fingerprint density at radius 3 is 2.36 bits per heavy atom. The van der Waals surface area contributed by atoms with Gasteiger partial charge in [-0.3, -0.25) is 9.36 Å². The highest BCUT2D eigenvalue weighted by atomic mass is 19.3. The highest BCUT2D eigenvalue weighted by Crippen LogP contribution is 2.25. The molecule has 4 nitrogen and oxygen atoms in total. The van der Waals surface area contributed by atoms with Crippen LogP contribution < -0.4 is 0 Å². The van der Waals surface area contributed by atoms with Crippen LogP contribution in [0.3, 0.4) is 0 Å². The summed E-state index contributed by atoms with van der Waals surface area (Å²) in [6.07, 6.45) is 1.83. The number of hydrogen-bond donors (Lipinski definition) is 0. The van der Waals surface area contributed by atoms with Gasteiger partial charge in [0.15, 0.2) is 0 Å². The predicted octanol–water partition coefficient (Wildman–Crippen LogP) is 2.99. The smallest absolute Gasteiger partial charge is 0.319 e. The second-order valence-electron chi connectivity index (χ2n) is 6.34. The molecule has 1 atom stereocenters. The average Bonchev–Trinajstić information content (AvgIpc) is 2.87. The number of rotatable bonds is 4. The molecule has 0 N–H and O–H groups in total. The molecular formula is C16H25F2N3O. The summed E-state index contributed by atoms with van der Waals surface area (Å²) in [5.74, 6) is 0.257. The molecule has 1 fully saturated rings. The molecule has 0 bridgehead atoms. The van der Waals surface area contributed by atoms with Gasteiger partial charge in [0.25, 0.3) is 5.91 Å². The number of nitrogens with zero attached hydrogens (tertiary/aromatic N) is 3. The van der Waals surface area contributed by atoms with Crippen LogP contribution >= 0.6 is 0 Å². The van der Waals surface area contributed by atoms with Crippen molar-refractivity contribution in [2.45, 2.75) is 39.3 Å². The number of hydrogen-bond acceptors (Lipinski definition) is 2. The summed E-state index contributed by atoms with van der Waals surface area (Å²) in [4.78, 5) is 16.4. The van der Waals surface area contributed by atoms with Crippen molar-refractivity contribution in [1.29, 1.82) is 0 Å². The van der Waals surface area contributed by atoms with Gasteiger partial charge in [0.05, 0.1) is 0 Å². The molecule has 6 heteroatoms. The number of aryl methyl sites for hydroxylation is 1. The van der Waals surface area contributed by atoms with Crippen LogP contribution in [0, 0.1) is 12.8 Å². The van der Waals surface area contributed by atoms with Crippen LogP contribution in [0.25, 0.3) is 0 Å². The van der Waals surface area contributed by atoms with E-state index in [1.54, 1.807) is 17.9 Å². The van der Waals surface area contributed by atoms with E-state index in [-0.39, 0.29) is 11.6 Å². The Labute approximate surface area is 130 Å². The molecule has 1 saturated heterocycles. The van der Waals surface area contributed by atoms with Crippen molar-refractivity contribution in [3.05, 3.63) is 23.5 Å². The van der Waals surface area contributed by atoms with Crippen molar-refractivity contribution in [3.8, 4) is 0 Å². The van der Waals surface area contributed by atoms with Crippen molar-refractivity contribution in [3.63, 3.8) is 0 Å². The molecule has 0 aromatic carbocycles. The van der Waals surface area contributed by atoms with E-state index in [0.29, 0.717) is 30.7 Å². The second kappa shape index (κ2) is 6.77. The number of aromatic nitrogens is 1. The third kappa shape index (κ3) is 3.32. The van der Waals surface area contributed by atoms with E-state index in [2.05, 4.69) is 25.9 Å². The molecule has 0 saturated carbocycles. The van der Waals surface area contributed by atoms with Crippen LogP contribution in [0.5, 0.6) is 0 Å². The molecule has 1 amide bonds. The van der Waals surface area contributed by atoms with Crippen LogP contribution in [0.2, 0.25) is 0 Å². The molecule has 1 aliphatic rings. The van der Waals surface area contributed by atoms with Crippen LogP contribution in [0.1, 0.15) is 42.5 Å². The summed E-state index contributed by atoms with van der Waals surface area (Å²) >= 11 is 0. The summed E-state index contributed by atoms with van der Waals surface area (Å²) in [5, 5.41) is 0. The second-order valence-corrected chi connectivity index (χ2v) is 6.34. The maximum absolute atomic E-state index is 13.1. The SMILES string of the molecule is Cc1ccc(C(=O)N2CCC([C@@H](C)N(C)C)CC2)n1C(F)F. The quantitative estimate of drug-likeness (QED) is 0.855. The van der Waals surface area contributed by atoms with Gasteiger partial charge in [-0.15, -0.1) is 0 Å². The van der Waals surface area contributed by atoms with Crippen molar-refractivity contribution in [2.24, 2.45) is 5.92 Å². The largest absolute Gasteiger partial charge is 0.337 e. The first-order chi connectivity index (χ1) is 10.3. The van der Waals surface area contributed by atoms with Crippen molar-refractivity contribution >= 4 is 5.91 Å². The molecule has 1 aromatic heterocycles. The first-order valence-electron chi connectivity index (χ1n) is 7.74. The van der Waals surface area contributed by atoms with Gasteiger partial charge >= 0.3 is 6.55 Å². The fourth-order valence-corrected chi connectivity index (χ4v) is 3.15. The van der Waals surface area contributed by atoms with E-state index in [9.17, 15) is 13.6 Å². The van der Waals surface area contributed by atoms with E-state index in [0.717, 1.165) is 17.4 Å². The summed E-state index contributed by atoms with van der Waals surface area (Å²) < 4.78 is 27.0. The monoisotopic (exact) mass is 313 g/mol. The number of carbonyl (C=O) groups is 1. The van der Waals surface area contributed by atoms with Crippen LogP contribution in [0.4, 0.5) is 8.78 Å². The summed E-state index contributed by atoms with van der Waals surface area (Å²) in [6.45, 7) is 2.37. The molecule has 0 spiro atoms. The molecule has 124 valence electrons. The van der Waals surface area contributed by atoms with E-state index >= 15 is 0 Å². The zero-order valence-electron chi connectivity index (χ0n) is 13.7. The normalized spacial score (nSPS) is 18.3. The lowest BCUT2D eigenvalue weighted by atomic mass is 9.89. The van der Waals surface area contributed by atoms with Gasteiger partial charge in [-0.1, -0.05) is 0 Å². The first kappa shape index (κ1) is 16.9. The van der Waals surface area contributed by atoms with Gasteiger partial charge in [-0.05, 0) is 58.8 Å². The van der Waals surface area contributed by atoms with Gasteiger partial charge in [0.1, 0.15) is 5.69 Å². The number of alkyl halides is 2. The van der Waals surface area contributed by atoms with Crippen molar-refractivity contribution in [1.82, 2.24) is 14.4 Å². The number of likely N-dealkylation sites (tertiary alicyclic amines) is 1. The molecule has 0 radical (unpaired) electrons. The number of piperidine rings is 1. The van der Waals surface area contributed by atoms with Crippen LogP contribution in [-0.4, -0.2) is 53.5 Å². The predicted molar refractivity (Wildman–Crippen MR) is 82.2 cm³/mol. The Balaban J connectivity index is 2.04. The van der Waals surface area contributed by atoms with Crippen LogP contribution in [0.15, 0.2) is 12.1 Å². The zero-order valence-corrected chi connectivity index (χ0v) is 13.7. The summed E-state index contributed by atoms with van der Waals surface area (Å²) in [6, 6.07) is 3.53. The molecule has 2 rings (SSSR count). The maximum atomic E-state index is 13.1. The van der Waals surface area contributed by atoms with E-state index in [4.69, 9.17) is 0 Å².